The highest BCUT2D eigenvalue weighted by atomic mass is 16.5. The topological polar surface area (TPSA) is 38.3 Å². The third-order valence-electron chi connectivity index (χ3n) is 3.91. The first kappa shape index (κ1) is 17.1. The number of amides is 1. The van der Waals surface area contributed by atoms with Crippen LogP contribution >= 0.6 is 0 Å². The Hall–Kier alpha value is -2.29. The SMILES string of the molecule is CCc1ccc(NC(=O)[C@H](CC)Oc2cc(C)ccc2C)cc1. The summed E-state index contributed by atoms with van der Waals surface area (Å²) in [5, 5.41) is 2.93. The lowest BCUT2D eigenvalue weighted by atomic mass is 10.1. The fourth-order valence-electron chi connectivity index (χ4n) is 2.36. The molecule has 0 aliphatic heterocycles. The van der Waals surface area contributed by atoms with Crippen LogP contribution in [0.1, 0.15) is 37.0 Å². The Kier molecular flexibility index (Phi) is 5.80. The van der Waals surface area contributed by atoms with E-state index in [1.165, 1.54) is 5.56 Å². The summed E-state index contributed by atoms with van der Waals surface area (Å²) in [5.74, 6) is 0.658. The smallest absolute Gasteiger partial charge is 0.265 e. The van der Waals surface area contributed by atoms with Crippen molar-refractivity contribution in [2.75, 3.05) is 5.32 Å². The zero-order valence-electron chi connectivity index (χ0n) is 14.3. The maximum Gasteiger partial charge on any atom is 0.265 e. The highest BCUT2D eigenvalue weighted by Gasteiger charge is 2.19. The van der Waals surface area contributed by atoms with Crippen molar-refractivity contribution >= 4 is 11.6 Å². The van der Waals surface area contributed by atoms with Gasteiger partial charge >= 0.3 is 0 Å². The Balaban J connectivity index is 2.07. The summed E-state index contributed by atoms with van der Waals surface area (Å²) in [5.41, 5.74) is 4.21. The van der Waals surface area contributed by atoms with Gasteiger partial charge in [0, 0.05) is 5.69 Å². The van der Waals surface area contributed by atoms with Crippen molar-refractivity contribution in [3.8, 4) is 5.75 Å². The van der Waals surface area contributed by atoms with Gasteiger partial charge in [-0.2, -0.15) is 0 Å². The van der Waals surface area contributed by atoms with Gasteiger partial charge in [0.1, 0.15) is 5.75 Å². The maximum atomic E-state index is 12.5. The number of nitrogens with one attached hydrogen (secondary N) is 1. The van der Waals surface area contributed by atoms with Gasteiger partial charge in [-0.3, -0.25) is 4.79 Å². The van der Waals surface area contributed by atoms with Gasteiger partial charge in [0.15, 0.2) is 6.10 Å². The number of ether oxygens (including phenoxy) is 1. The monoisotopic (exact) mass is 311 g/mol. The molecule has 1 amide bonds. The van der Waals surface area contributed by atoms with Crippen molar-refractivity contribution in [2.24, 2.45) is 0 Å². The van der Waals surface area contributed by atoms with Gasteiger partial charge in [-0.25, -0.2) is 0 Å². The van der Waals surface area contributed by atoms with E-state index >= 15 is 0 Å². The first-order valence-corrected chi connectivity index (χ1v) is 8.17. The lowest BCUT2D eigenvalue weighted by molar-refractivity contribution is -0.122. The van der Waals surface area contributed by atoms with Crippen molar-refractivity contribution in [1.82, 2.24) is 0 Å². The van der Waals surface area contributed by atoms with Gasteiger partial charge in [0.05, 0.1) is 0 Å². The molecule has 0 fully saturated rings. The molecule has 0 saturated heterocycles. The molecule has 1 atom stereocenters. The predicted molar refractivity (Wildman–Crippen MR) is 95.1 cm³/mol. The van der Waals surface area contributed by atoms with Gasteiger partial charge in [-0.15, -0.1) is 0 Å². The molecule has 2 aromatic rings. The molecule has 3 heteroatoms. The number of hydrogen-bond donors (Lipinski definition) is 1. The van der Waals surface area contributed by atoms with Gasteiger partial charge in [-0.05, 0) is 61.6 Å². The molecule has 2 rings (SSSR count). The number of carbonyl (C=O) groups is 1. The van der Waals surface area contributed by atoms with E-state index in [-0.39, 0.29) is 5.91 Å². The summed E-state index contributed by atoms with van der Waals surface area (Å²) in [7, 11) is 0. The summed E-state index contributed by atoms with van der Waals surface area (Å²) in [4.78, 5) is 12.5. The van der Waals surface area contributed by atoms with Crippen LogP contribution in [0, 0.1) is 13.8 Å². The van der Waals surface area contributed by atoms with Crippen LogP contribution in [-0.4, -0.2) is 12.0 Å². The Morgan fingerprint density at radius 3 is 2.39 bits per heavy atom. The van der Waals surface area contributed by atoms with Crippen LogP contribution in [0.5, 0.6) is 5.75 Å². The summed E-state index contributed by atoms with van der Waals surface area (Å²) >= 11 is 0. The highest BCUT2D eigenvalue weighted by Crippen LogP contribution is 2.22. The quantitative estimate of drug-likeness (QED) is 0.842. The summed E-state index contributed by atoms with van der Waals surface area (Å²) < 4.78 is 5.94. The molecule has 122 valence electrons. The molecule has 1 N–H and O–H groups in total. The predicted octanol–water partition coefficient (Wildman–Crippen LogP) is 4.66. The van der Waals surface area contributed by atoms with Crippen LogP contribution in [0.4, 0.5) is 5.69 Å². The molecule has 0 radical (unpaired) electrons. The zero-order chi connectivity index (χ0) is 16.8. The van der Waals surface area contributed by atoms with Crippen LogP contribution in [0.15, 0.2) is 42.5 Å². The number of aryl methyl sites for hydroxylation is 3. The molecule has 2 aromatic carbocycles. The average Bonchev–Trinajstić information content (AvgIpc) is 2.56. The second-order valence-corrected chi connectivity index (χ2v) is 5.82. The van der Waals surface area contributed by atoms with Crippen molar-refractivity contribution in [1.29, 1.82) is 0 Å². The third kappa shape index (κ3) is 4.59. The molecular formula is C20H25NO2. The van der Waals surface area contributed by atoms with E-state index in [9.17, 15) is 4.79 Å². The fourth-order valence-corrected chi connectivity index (χ4v) is 2.36. The van der Waals surface area contributed by atoms with Crippen molar-refractivity contribution in [3.05, 3.63) is 59.2 Å². The minimum atomic E-state index is -0.499. The number of carbonyl (C=O) groups excluding carboxylic acids is 1. The van der Waals surface area contributed by atoms with E-state index in [0.29, 0.717) is 6.42 Å². The molecule has 0 aliphatic rings. The van der Waals surface area contributed by atoms with Crippen LogP contribution < -0.4 is 10.1 Å². The molecule has 0 aliphatic carbocycles. The van der Waals surface area contributed by atoms with E-state index in [0.717, 1.165) is 29.0 Å². The number of rotatable bonds is 6. The molecule has 3 nitrogen and oxygen atoms in total. The molecule has 0 aromatic heterocycles. The van der Waals surface area contributed by atoms with Gasteiger partial charge in [-0.1, -0.05) is 38.1 Å². The molecule has 0 saturated carbocycles. The van der Waals surface area contributed by atoms with Crippen molar-refractivity contribution < 1.29 is 9.53 Å². The fraction of sp³-hybridized carbons (Fsp3) is 0.350. The lowest BCUT2D eigenvalue weighted by Crippen LogP contribution is -2.32. The molecular weight excluding hydrogens is 286 g/mol. The number of hydrogen-bond acceptors (Lipinski definition) is 2. The second kappa shape index (κ2) is 7.82. The Labute approximate surface area is 138 Å². The Morgan fingerprint density at radius 1 is 1.09 bits per heavy atom. The number of anilines is 1. The van der Waals surface area contributed by atoms with Crippen LogP contribution in [0.25, 0.3) is 0 Å². The highest BCUT2D eigenvalue weighted by molar-refractivity contribution is 5.94. The first-order valence-electron chi connectivity index (χ1n) is 8.17. The zero-order valence-corrected chi connectivity index (χ0v) is 14.3. The average molecular weight is 311 g/mol. The Bertz CT molecular complexity index is 662. The molecule has 0 unspecified atom stereocenters. The van der Waals surface area contributed by atoms with Gasteiger partial charge in [0.25, 0.3) is 5.91 Å². The molecule has 0 bridgehead atoms. The first-order chi connectivity index (χ1) is 11.0. The maximum absolute atomic E-state index is 12.5. The van der Waals surface area contributed by atoms with Crippen LogP contribution in [0.2, 0.25) is 0 Å². The molecule has 23 heavy (non-hydrogen) atoms. The second-order valence-electron chi connectivity index (χ2n) is 5.82. The van der Waals surface area contributed by atoms with Gasteiger partial charge in [0.2, 0.25) is 0 Å². The number of benzene rings is 2. The summed E-state index contributed by atoms with van der Waals surface area (Å²) in [6.07, 6.45) is 1.11. The third-order valence-corrected chi connectivity index (χ3v) is 3.91. The minimum Gasteiger partial charge on any atom is -0.480 e. The largest absolute Gasteiger partial charge is 0.480 e. The minimum absolute atomic E-state index is 0.113. The van der Waals surface area contributed by atoms with Crippen molar-refractivity contribution in [2.45, 2.75) is 46.6 Å². The standard InChI is InChI=1S/C20H25NO2/c1-5-16-9-11-17(12-10-16)21-20(22)18(6-2)23-19-13-14(3)7-8-15(19)4/h7-13,18H,5-6H2,1-4H3,(H,21,22)/t18-/m0/s1. The molecule has 0 spiro atoms. The van der Waals surface area contributed by atoms with E-state index in [1.54, 1.807) is 0 Å². The Morgan fingerprint density at radius 2 is 1.78 bits per heavy atom. The van der Waals surface area contributed by atoms with Crippen LogP contribution in [-0.2, 0) is 11.2 Å². The lowest BCUT2D eigenvalue weighted by Gasteiger charge is -2.19. The summed E-state index contributed by atoms with van der Waals surface area (Å²) in [6, 6.07) is 13.9. The van der Waals surface area contributed by atoms with Gasteiger partial charge < -0.3 is 10.1 Å². The van der Waals surface area contributed by atoms with Crippen molar-refractivity contribution in [3.63, 3.8) is 0 Å². The summed E-state index contributed by atoms with van der Waals surface area (Å²) in [6.45, 7) is 8.07. The van der Waals surface area contributed by atoms with Crippen LogP contribution in [0.3, 0.4) is 0 Å². The van der Waals surface area contributed by atoms with E-state index in [2.05, 4.69) is 12.2 Å². The normalized spacial score (nSPS) is 11.8. The van der Waals surface area contributed by atoms with E-state index < -0.39 is 6.10 Å². The van der Waals surface area contributed by atoms with E-state index in [1.807, 2.05) is 63.2 Å². The molecule has 0 heterocycles. The van der Waals surface area contributed by atoms with E-state index in [4.69, 9.17) is 4.74 Å².